The van der Waals surface area contributed by atoms with E-state index in [1.807, 2.05) is 6.07 Å². The molecule has 0 aliphatic heterocycles. The molecule has 23 heavy (non-hydrogen) atoms. The minimum Gasteiger partial charge on any atom is -0.478 e. The molecule has 2 rings (SSSR count). The Bertz CT molecular complexity index is 659. The van der Waals surface area contributed by atoms with Crippen LogP contribution >= 0.6 is 0 Å². The summed E-state index contributed by atoms with van der Waals surface area (Å²) in [5.74, 6) is -2.12. The van der Waals surface area contributed by atoms with Crippen molar-refractivity contribution in [1.29, 1.82) is 0 Å². The third-order valence-corrected chi connectivity index (χ3v) is 3.25. The van der Waals surface area contributed by atoms with Gasteiger partial charge in [0.1, 0.15) is 6.61 Å². The Morgan fingerprint density at radius 3 is 2.09 bits per heavy atom. The van der Waals surface area contributed by atoms with E-state index in [-0.39, 0.29) is 12.2 Å². The fourth-order valence-electron chi connectivity index (χ4n) is 1.93. The van der Waals surface area contributed by atoms with Gasteiger partial charge in [-0.1, -0.05) is 48.5 Å². The summed E-state index contributed by atoms with van der Waals surface area (Å²) in [6, 6.07) is 17.0. The predicted molar refractivity (Wildman–Crippen MR) is 82.6 cm³/mol. The number of hydrogen-bond donors (Lipinski definition) is 3. The van der Waals surface area contributed by atoms with Gasteiger partial charge in [-0.3, -0.25) is 4.79 Å². The van der Waals surface area contributed by atoms with E-state index in [1.165, 1.54) is 12.1 Å². The smallest absolute Gasteiger partial charge is 0.359 e. The van der Waals surface area contributed by atoms with Crippen LogP contribution in [0.4, 0.5) is 0 Å². The Labute approximate surface area is 133 Å². The van der Waals surface area contributed by atoms with Gasteiger partial charge in [0.2, 0.25) is 0 Å². The molecule has 0 bridgehead atoms. The molecule has 1 amide bonds. The number of rotatable bonds is 7. The lowest BCUT2D eigenvalue weighted by molar-refractivity contribution is -0.178. The molecule has 0 aliphatic rings. The van der Waals surface area contributed by atoms with Crippen molar-refractivity contribution in [2.24, 2.45) is 0 Å². The van der Waals surface area contributed by atoms with Gasteiger partial charge in [0, 0.05) is 5.56 Å². The van der Waals surface area contributed by atoms with E-state index < -0.39 is 24.2 Å². The van der Waals surface area contributed by atoms with Gasteiger partial charge in [-0.25, -0.2) is 4.79 Å². The van der Waals surface area contributed by atoms with Crippen LogP contribution in [0.25, 0.3) is 0 Å². The first-order valence-corrected chi connectivity index (χ1v) is 6.97. The number of carboxylic acids is 1. The third kappa shape index (κ3) is 4.15. The van der Waals surface area contributed by atoms with Crippen LogP contribution in [0.15, 0.2) is 60.7 Å². The van der Waals surface area contributed by atoms with Crippen molar-refractivity contribution in [3.63, 3.8) is 0 Å². The van der Waals surface area contributed by atoms with Crippen LogP contribution in [-0.2, 0) is 16.1 Å². The lowest BCUT2D eigenvalue weighted by atomic mass is 10.1. The Hall–Kier alpha value is -2.70. The molecule has 2 aromatic rings. The second-order valence-electron chi connectivity index (χ2n) is 4.88. The number of benzene rings is 2. The Balaban J connectivity index is 2.15. The van der Waals surface area contributed by atoms with E-state index in [0.717, 1.165) is 5.56 Å². The maximum atomic E-state index is 12.2. The zero-order chi connectivity index (χ0) is 16.7. The van der Waals surface area contributed by atoms with Crippen LogP contribution in [-0.4, -0.2) is 34.4 Å². The number of aliphatic hydroxyl groups is 1. The molecule has 0 saturated heterocycles. The summed E-state index contributed by atoms with van der Waals surface area (Å²) in [5.41, 5.74) is -1.21. The number of carboxylic acid groups (broad SMARTS) is 1. The Morgan fingerprint density at radius 1 is 1.00 bits per heavy atom. The number of ether oxygens (including phenoxy) is 1. The van der Waals surface area contributed by atoms with Crippen LogP contribution in [0.5, 0.6) is 0 Å². The molecular formula is C17H17NO5. The standard InChI is InChI=1S/C17H17NO5/c19-12-17(16(21)22,23-11-13-7-3-1-4-8-13)18-15(20)14-9-5-2-6-10-14/h1-10,19H,11-12H2,(H,18,20)(H,21,22). The normalized spacial score (nSPS) is 13.1. The second-order valence-corrected chi connectivity index (χ2v) is 4.88. The molecule has 3 N–H and O–H groups in total. The molecule has 6 heteroatoms. The van der Waals surface area contributed by atoms with Crippen molar-refractivity contribution >= 4 is 11.9 Å². The maximum absolute atomic E-state index is 12.2. The minimum atomic E-state index is -2.21. The summed E-state index contributed by atoms with van der Waals surface area (Å²) in [4.78, 5) is 23.7. The van der Waals surface area contributed by atoms with Crippen LogP contribution in [0.1, 0.15) is 15.9 Å². The summed E-state index contributed by atoms with van der Waals surface area (Å²) in [6.45, 7) is -0.962. The number of nitrogens with one attached hydrogen (secondary N) is 1. The molecule has 2 aromatic carbocycles. The molecule has 0 spiro atoms. The van der Waals surface area contributed by atoms with Gasteiger partial charge >= 0.3 is 5.97 Å². The fraction of sp³-hybridized carbons (Fsp3) is 0.176. The highest BCUT2D eigenvalue weighted by atomic mass is 16.6. The van der Waals surface area contributed by atoms with Gasteiger partial charge in [0.15, 0.2) is 0 Å². The molecule has 120 valence electrons. The van der Waals surface area contributed by atoms with Crippen molar-refractivity contribution < 1.29 is 24.5 Å². The van der Waals surface area contributed by atoms with Crippen LogP contribution in [0, 0.1) is 0 Å². The lowest BCUT2D eigenvalue weighted by Gasteiger charge is -2.28. The Kier molecular flexibility index (Phi) is 5.46. The topological polar surface area (TPSA) is 95.9 Å². The van der Waals surface area contributed by atoms with Gasteiger partial charge < -0.3 is 20.3 Å². The molecule has 0 radical (unpaired) electrons. The van der Waals surface area contributed by atoms with E-state index in [4.69, 9.17) is 4.74 Å². The molecule has 0 aliphatic carbocycles. The van der Waals surface area contributed by atoms with Gasteiger partial charge in [-0.15, -0.1) is 0 Å². The number of carbonyl (C=O) groups is 2. The SMILES string of the molecule is O=C(NC(CO)(OCc1ccccc1)C(=O)O)c1ccccc1. The average Bonchev–Trinajstić information content (AvgIpc) is 2.60. The zero-order valence-electron chi connectivity index (χ0n) is 12.3. The average molecular weight is 315 g/mol. The van der Waals surface area contributed by atoms with Crippen molar-refractivity contribution in [1.82, 2.24) is 5.32 Å². The van der Waals surface area contributed by atoms with Crippen LogP contribution in [0.2, 0.25) is 0 Å². The van der Waals surface area contributed by atoms with E-state index in [0.29, 0.717) is 0 Å². The fourth-order valence-corrected chi connectivity index (χ4v) is 1.93. The highest BCUT2D eigenvalue weighted by Crippen LogP contribution is 2.13. The number of aliphatic hydroxyl groups excluding tert-OH is 1. The van der Waals surface area contributed by atoms with Crippen molar-refractivity contribution in [2.45, 2.75) is 12.3 Å². The number of carbonyl (C=O) groups excluding carboxylic acids is 1. The molecular weight excluding hydrogens is 298 g/mol. The van der Waals surface area contributed by atoms with Crippen molar-refractivity contribution in [3.8, 4) is 0 Å². The molecule has 0 aromatic heterocycles. The quantitative estimate of drug-likeness (QED) is 0.671. The zero-order valence-corrected chi connectivity index (χ0v) is 12.3. The van der Waals surface area contributed by atoms with Crippen LogP contribution in [0.3, 0.4) is 0 Å². The number of hydrogen-bond acceptors (Lipinski definition) is 4. The van der Waals surface area contributed by atoms with E-state index in [9.17, 15) is 19.8 Å². The summed E-state index contributed by atoms with van der Waals surface area (Å²) in [5, 5.41) is 21.2. The van der Waals surface area contributed by atoms with Crippen LogP contribution < -0.4 is 5.32 Å². The second kappa shape index (κ2) is 7.53. The van der Waals surface area contributed by atoms with E-state index in [1.54, 1.807) is 42.5 Å². The maximum Gasteiger partial charge on any atom is 0.359 e. The number of aliphatic carboxylic acids is 1. The summed E-state index contributed by atoms with van der Waals surface area (Å²) in [6.07, 6.45) is 0. The highest BCUT2D eigenvalue weighted by molar-refractivity contribution is 5.97. The lowest BCUT2D eigenvalue weighted by Crippen LogP contribution is -2.59. The van der Waals surface area contributed by atoms with E-state index >= 15 is 0 Å². The third-order valence-electron chi connectivity index (χ3n) is 3.25. The first-order chi connectivity index (χ1) is 11.1. The monoisotopic (exact) mass is 315 g/mol. The van der Waals surface area contributed by atoms with Gasteiger partial charge in [-0.2, -0.15) is 0 Å². The van der Waals surface area contributed by atoms with Gasteiger partial charge in [-0.05, 0) is 17.7 Å². The largest absolute Gasteiger partial charge is 0.478 e. The molecule has 1 unspecified atom stereocenters. The van der Waals surface area contributed by atoms with Crippen molar-refractivity contribution in [2.75, 3.05) is 6.61 Å². The molecule has 0 fully saturated rings. The van der Waals surface area contributed by atoms with Gasteiger partial charge in [0.05, 0.1) is 6.61 Å². The van der Waals surface area contributed by atoms with Crippen molar-refractivity contribution in [3.05, 3.63) is 71.8 Å². The first-order valence-electron chi connectivity index (χ1n) is 6.97. The molecule has 0 saturated carbocycles. The molecule has 6 nitrogen and oxygen atoms in total. The molecule has 1 atom stereocenters. The molecule has 0 heterocycles. The summed E-state index contributed by atoms with van der Waals surface area (Å²) >= 11 is 0. The van der Waals surface area contributed by atoms with Gasteiger partial charge in [0.25, 0.3) is 11.6 Å². The Morgan fingerprint density at radius 2 is 1.57 bits per heavy atom. The van der Waals surface area contributed by atoms with E-state index in [2.05, 4.69) is 5.32 Å². The first kappa shape index (κ1) is 16.7. The summed E-state index contributed by atoms with van der Waals surface area (Å²) in [7, 11) is 0. The minimum absolute atomic E-state index is 0.0667. The predicted octanol–water partition coefficient (Wildman–Crippen LogP) is 1.41. The highest BCUT2D eigenvalue weighted by Gasteiger charge is 2.41. The number of amides is 1. The summed E-state index contributed by atoms with van der Waals surface area (Å²) < 4.78 is 5.34.